The van der Waals surface area contributed by atoms with E-state index >= 15 is 0 Å². The summed E-state index contributed by atoms with van der Waals surface area (Å²) in [7, 11) is 0. The maximum absolute atomic E-state index is 12.2. The van der Waals surface area contributed by atoms with E-state index in [4.69, 9.17) is 0 Å². The van der Waals surface area contributed by atoms with Crippen molar-refractivity contribution in [3.63, 3.8) is 0 Å². The van der Waals surface area contributed by atoms with Crippen molar-refractivity contribution < 1.29 is 8.78 Å². The molecule has 2 rings (SSSR count). The largest absolute Gasteiger partial charge is 0.341 e. The van der Waals surface area contributed by atoms with Crippen LogP contribution in [-0.4, -0.2) is 9.97 Å². The van der Waals surface area contributed by atoms with E-state index in [9.17, 15) is 8.78 Å². The van der Waals surface area contributed by atoms with E-state index in [1.165, 1.54) is 0 Å². The van der Waals surface area contributed by atoms with Gasteiger partial charge in [0.25, 0.3) is 6.43 Å². The third-order valence-corrected chi connectivity index (χ3v) is 2.18. The van der Waals surface area contributed by atoms with Crippen LogP contribution in [0.3, 0.4) is 0 Å². The molecular weight excluding hydrogens is 162 g/mol. The molecule has 0 spiro atoms. The van der Waals surface area contributed by atoms with Gasteiger partial charge in [0.05, 0.1) is 5.69 Å². The van der Waals surface area contributed by atoms with Crippen molar-refractivity contribution in [3.8, 4) is 0 Å². The van der Waals surface area contributed by atoms with Crippen LogP contribution in [0, 0.1) is 0 Å². The number of rotatable bonds is 1. The molecule has 2 nitrogen and oxygen atoms in total. The number of halogens is 2. The summed E-state index contributed by atoms with van der Waals surface area (Å²) in [5, 5.41) is 0. The van der Waals surface area contributed by atoms with Crippen LogP contribution in [0.25, 0.3) is 0 Å². The summed E-state index contributed by atoms with van der Waals surface area (Å²) < 4.78 is 24.3. The summed E-state index contributed by atoms with van der Waals surface area (Å²) in [4.78, 5) is 6.52. The SMILES string of the molecule is FC(F)c1nc2c([nH]1)CCCC2. The van der Waals surface area contributed by atoms with Crippen LogP contribution >= 0.6 is 0 Å². The molecule has 1 N–H and O–H groups in total. The fourth-order valence-corrected chi connectivity index (χ4v) is 1.58. The molecule has 0 atom stereocenters. The third kappa shape index (κ3) is 1.21. The normalized spacial score (nSPS) is 16.6. The molecule has 1 aliphatic carbocycles. The molecule has 0 aliphatic heterocycles. The van der Waals surface area contributed by atoms with Crippen molar-refractivity contribution in [2.24, 2.45) is 0 Å². The molecule has 0 bridgehead atoms. The minimum absolute atomic E-state index is 0.165. The lowest BCUT2D eigenvalue weighted by atomic mass is 10.0. The molecule has 1 heterocycles. The second-order valence-corrected chi connectivity index (χ2v) is 3.06. The number of hydrogen-bond acceptors (Lipinski definition) is 1. The number of alkyl halides is 2. The van der Waals surface area contributed by atoms with Crippen molar-refractivity contribution in [2.75, 3.05) is 0 Å². The number of nitrogens with one attached hydrogen (secondary N) is 1. The van der Waals surface area contributed by atoms with Gasteiger partial charge in [-0.2, -0.15) is 0 Å². The zero-order valence-electron chi connectivity index (χ0n) is 6.61. The molecule has 0 saturated carbocycles. The quantitative estimate of drug-likeness (QED) is 0.691. The average Bonchev–Trinajstić information content (AvgIpc) is 2.46. The monoisotopic (exact) mass is 172 g/mol. The second-order valence-electron chi connectivity index (χ2n) is 3.06. The average molecular weight is 172 g/mol. The number of hydrogen-bond donors (Lipinski definition) is 1. The predicted molar refractivity (Wildman–Crippen MR) is 40.2 cm³/mol. The van der Waals surface area contributed by atoms with E-state index in [0.717, 1.165) is 37.1 Å². The van der Waals surface area contributed by atoms with Crippen LogP contribution < -0.4 is 0 Å². The first kappa shape index (κ1) is 7.71. The first-order valence-corrected chi connectivity index (χ1v) is 4.13. The fraction of sp³-hybridized carbons (Fsp3) is 0.625. The number of fused-ring (bicyclic) bond motifs is 1. The standard InChI is InChI=1S/C8H10F2N2/c9-7(10)8-11-5-3-1-2-4-6(5)12-8/h7H,1-4H2,(H,11,12). The third-order valence-electron chi connectivity index (χ3n) is 2.18. The highest BCUT2D eigenvalue weighted by atomic mass is 19.3. The molecule has 0 unspecified atom stereocenters. The van der Waals surface area contributed by atoms with Gasteiger partial charge in [0.1, 0.15) is 0 Å². The van der Waals surface area contributed by atoms with Crippen LogP contribution in [0.4, 0.5) is 8.78 Å². The van der Waals surface area contributed by atoms with Gasteiger partial charge in [0, 0.05) is 5.69 Å². The molecule has 12 heavy (non-hydrogen) atoms. The highest BCUT2D eigenvalue weighted by Gasteiger charge is 2.18. The Morgan fingerprint density at radius 1 is 1.25 bits per heavy atom. The zero-order valence-corrected chi connectivity index (χ0v) is 6.61. The summed E-state index contributed by atoms with van der Waals surface area (Å²) in [6, 6.07) is 0. The molecule has 1 aromatic rings. The van der Waals surface area contributed by atoms with E-state index in [-0.39, 0.29) is 5.82 Å². The Labute approximate surface area is 69.0 Å². The Kier molecular flexibility index (Phi) is 1.83. The van der Waals surface area contributed by atoms with Crippen LogP contribution in [0.15, 0.2) is 0 Å². The molecule has 1 aromatic heterocycles. The van der Waals surface area contributed by atoms with E-state index < -0.39 is 6.43 Å². The van der Waals surface area contributed by atoms with Gasteiger partial charge in [0.2, 0.25) is 0 Å². The highest BCUT2D eigenvalue weighted by Crippen LogP contribution is 2.23. The first-order valence-electron chi connectivity index (χ1n) is 4.13. The van der Waals surface area contributed by atoms with Crippen LogP contribution in [0.2, 0.25) is 0 Å². The molecule has 0 aromatic carbocycles. The second kappa shape index (κ2) is 2.84. The van der Waals surface area contributed by atoms with Crippen molar-refractivity contribution in [3.05, 3.63) is 17.2 Å². The molecule has 0 amide bonds. The summed E-state index contributed by atoms with van der Waals surface area (Å²) >= 11 is 0. The molecular formula is C8H10F2N2. The number of aryl methyl sites for hydroxylation is 2. The number of H-pyrrole nitrogens is 1. The molecule has 66 valence electrons. The van der Waals surface area contributed by atoms with Crippen molar-refractivity contribution in [1.29, 1.82) is 0 Å². The number of aromatic amines is 1. The van der Waals surface area contributed by atoms with Crippen molar-refractivity contribution in [2.45, 2.75) is 32.1 Å². The summed E-state index contributed by atoms with van der Waals surface area (Å²) in [5.41, 5.74) is 1.76. The Hall–Kier alpha value is -0.930. The molecule has 0 saturated heterocycles. The Morgan fingerprint density at radius 2 is 2.00 bits per heavy atom. The minimum atomic E-state index is -2.46. The van der Waals surface area contributed by atoms with Crippen molar-refractivity contribution in [1.82, 2.24) is 9.97 Å². The van der Waals surface area contributed by atoms with Gasteiger partial charge in [0.15, 0.2) is 5.82 Å². The van der Waals surface area contributed by atoms with Gasteiger partial charge in [-0.3, -0.25) is 0 Å². The van der Waals surface area contributed by atoms with E-state index in [2.05, 4.69) is 9.97 Å². The van der Waals surface area contributed by atoms with E-state index in [1.807, 2.05) is 0 Å². The highest BCUT2D eigenvalue weighted by molar-refractivity contribution is 5.17. The topological polar surface area (TPSA) is 28.7 Å². The summed E-state index contributed by atoms with van der Waals surface area (Å²) in [6.07, 6.45) is 1.40. The Morgan fingerprint density at radius 3 is 2.67 bits per heavy atom. The lowest BCUT2D eigenvalue weighted by Gasteiger charge is -2.07. The molecule has 0 radical (unpaired) electrons. The van der Waals surface area contributed by atoms with E-state index in [1.54, 1.807) is 0 Å². The number of imidazole rings is 1. The maximum atomic E-state index is 12.2. The maximum Gasteiger partial charge on any atom is 0.295 e. The molecule has 0 fully saturated rings. The predicted octanol–water partition coefficient (Wildman–Crippen LogP) is 2.23. The number of nitrogens with zero attached hydrogens (tertiary/aromatic N) is 1. The fourth-order valence-electron chi connectivity index (χ4n) is 1.58. The lowest BCUT2D eigenvalue weighted by Crippen LogP contribution is -2.00. The van der Waals surface area contributed by atoms with Gasteiger partial charge < -0.3 is 4.98 Å². The van der Waals surface area contributed by atoms with Gasteiger partial charge in [-0.1, -0.05) is 0 Å². The Bertz CT molecular complexity index is 257. The van der Waals surface area contributed by atoms with Crippen molar-refractivity contribution >= 4 is 0 Å². The van der Waals surface area contributed by atoms with E-state index in [0.29, 0.717) is 0 Å². The summed E-state index contributed by atoms with van der Waals surface area (Å²) in [6.45, 7) is 0. The van der Waals surface area contributed by atoms with Gasteiger partial charge in [-0.05, 0) is 25.7 Å². The lowest BCUT2D eigenvalue weighted by molar-refractivity contribution is 0.141. The Balaban J connectivity index is 2.32. The van der Waals surface area contributed by atoms with Gasteiger partial charge >= 0.3 is 0 Å². The minimum Gasteiger partial charge on any atom is -0.341 e. The first-order chi connectivity index (χ1) is 5.77. The van der Waals surface area contributed by atoms with Crippen LogP contribution in [0.5, 0.6) is 0 Å². The summed E-state index contributed by atoms with van der Waals surface area (Å²) in [5.74, 6) is -0.165. The number of aromatic nitrogens is 2. The van der Waals surface area contributed by atoms with Crippen LogP contribution in [0.1, 0.15) is 36.5 Å². The molecule has 1 aliphatic rings. The van der Waals surface area contributed by atoms with Crippen LogP contribution in [-0.2, 0) is 12.8 Å². The van der Waals surface area contributed by atoms with Gasteiger partial charge in [-0.25, -0.2) is 13.8 Å². The molecule has 4 heteroatoms. The smallest absolute Gasteiger partial charge is 0.295 e. The zero-order chi connectivity index (χ0) is 8.55. The van der Waals surface area contributed by atoms with Gasteiger partial charge in [-0.15, -0.1) is 0 Å².